The summed E-state index contributed by atoms with van der Waals surface area (Å²) in [5.74, 6) is 0. The largest absolute Gasteiger partial charge is 0.309 e. The van der Waals surface area contributed by atoms with Gasteiger partial charge in [-0.25, -0.2) is 0 Å². The van der Waals surface area contributed by atoms with Crippen LogP contribution in [-0.2, 0) is 0 Å². The van der Waals surface area contributed by atoms with Gasteiger partial charge in [0.1, 0.15) is 0 Å². The van der Waals surface area contributed by atoms with Crippen molar-refractivity contribution in [3.8, 4) is 17.1 Å². The number of hydrogen-bond donors (Lipinski definition) is 0. The predicted octanol–water partition coefficient (Wildman–Crippen LogP) is 12.8. The summed E-state index contributed by atoms with van der Waals surface area (Å²) in [5.41, 5.74) is 18.3. The Kier molecular flexibility index (Phi) is 6.27. The van der Waals surface area contributed by atoms with Gasteiger partial charge in [0.15, 0.2) is 0 Å². The first-order valence-corrected chi connectivity index (χ1v) is 17.9. The summed E-state index contributed by atoms with van der Waals surface area (Å²) in [6, 6.07) is 48.4. The van der Waals surface area contributed by atoms with E-state index in [2.05, 4.69) is 183 Å². The van der Waals surface area contributed by atoms with E-state index < -0.39 is 0 Å². The lowest BCUT2D eigenvalue weighted by atomic mass is 10.1. The maximum Gasteiger partial charge on any atom is 0.0784 e. The fourth-order valence-electron chi connectivity index (χ4n) is 8.53. The highest BCUT2D eigenvalue weighted by Crippen LogP contribution is 2.43. The number of fused-ring (bicyclic) bond motifs is 9. The van der Waals surface area contributed by atoms with Crippen LogP contribution in [-0.4, -0.2) is 13.7 Å². The molecule has 3 aromatic heterocycles. The zero-order valence-corrected chi connectivity index (χ0v) is 30.0. The molecule has 0 atom stereocenters. The third-order valence-electron chi connectivity index (χ3n) is 10.9. The van der Waals surface area contributed by atoms with Crippen LogP contribution >= 0.6 is 0 Å². The minimum absolute atomic E-state index is 1.16. The first-order chi connectivity index (χ1) is 24.7. The molecule has 0 radical (unpaired) electrons. The van der Waals surface area contributed by atoms with Crippen molar-refractivity contribution in [2.24, 2.45) is 0 Å². The lowest BCUT2D eigenvalue weighted by Gasteiger charge is -2.17. The topological polar surface area (TPSA) is 14.8 Å². The van der Waals surface area contributed by atoms with E-state index in [-0.39, 0.29) is 0 Å². The molecule has 51 heavy (non-hydrogen) atoms. The summed E-state index contributed by atoms with van der Waals surface area (Å²) in [5, 5.41) is 7.64. The first kappa shape index (κ1) is 29.8. The molecule has 3 nitrogen and oxygen atoms in total. The van der Waals surface area contributed by atoms with E-state index in [1.807, 2.05) is 0 Å². The zero-order valence-electron chi connectivity index (χ0n) is 30.0. The molecule has 0 aliphatic carbocycles. The molecule has 0 N–H and O–H groups in total. The van der Waals surface area contributed by atoms with Crippen molar-refractivity contribution in [3.63, 3.8) is 0 Å². The number of rotatable bonds is 3. The normalized spacial score (nSPS) is 12.1. The van der Waals surface area contributed by atoms with E-state index in [0.29, 0.717) is 0 Å². The quantitative estimate of drug-likeness (QED) is 0.180. The van der Waals surface area contributed by atoms with Crippen LogP contribution in [0.15, 0.2) is 127 Å². The van der Waals surface area contributed by atoms with E-state index in [1.165, 1.54) is 104 Å². The summed E-state index contributed by atoms with van der Waals surface area (Å²) in [7, 11) is 0. The summed E-state index contributed by atoms with van der Waals surface area (Å²) in [4.78, 5) is 0. The van der Waals surface area contributed by atoms with Crippen LogP contribution in [0.4, 0.5) is 0 Å². The Balaban J connectivity index is 1.45. The van der Waals surface area contributed by atoms with Crippen LogP contribution in [0.3, 0.4) is 0 Å². The second-order valence-corrected chi connectivity index (χ2v) is 14.8. The summed E-state index contributed by atoms with van der Waals surface area (Å²) in [6.07, 6.45) is 0. The average molecular weight is 658 g/mol. The fraction of sp³-hybridized carbons (Fsp3) is 0.125. The Morgan fingerprint density at radius 2 is 0.627 bits per heavy atom. The third-order valence-corrected chi connectivity index (χ3v) is 10.9. The highest BCUT2D eigenvalue weighted by Gasteiger charge is 2.23. The molecule has 7 aromatic carbocycles. The minimum Gasteiger partial charge on any atom is -0.309 e. The van der Waals surface area contributed by atoms with Gasteiger partial charge < -0.3 is 13.7 Å². The molecular weight excluding hydrogens is 619 g/mol. The molecule has 3 heterocycles. The van der Waals surface area contributed by atoms with Gasteiger partial charge in [0.05, 0.1) is 38.8 Å². The van der Waals surface area contributed by atoms with Crippen LogP contribution < -0.4 is 0 Å². The second-order valence-electron chi connectivity index (χ2n) is 14.8. The van der Waals surface area contributed by atoms with Crippen LogP contribution in [0.1, 0.15) is 33.4 Å². The Morgan fingerprint density at radius 3 is 1.06 bits per heavy atom. The molecule has 0 saturated carbocycles. The molecule has 0 amide bonds. The SMILES string of the molecule is Cc1ccc(-n2c3ccc(C)cc3c3cc(-n4c5ccc(C)cc5c5cc(C)ccc54)cc(-n4c5ccc(C)cc5c5cc(C)ccc54)c32)cc1. The van der Waals surface area contributed by atoms with Crippen molar-refractivity contribution in [3.05, 3.63) is 161 Å². The molecule has 0 fully saturated rings. The van der Waals surface area contributed by atoms with Gasteiger partial charge in [-0.05, 0) is 126 Å². The molecule has 10 aromatic rings. The van der Waals surface area contributed by atoms with Crippen molar-refractivity contribution < 1.29 is 0 Å². The monoisotopic (exact) mass is 657 g/mol. The van der Waals surface area contributed by atoms with Gasteiger partial charge in [-0.3, -0.25) is 0 Å². The molecule has 0 saturated heterocycles. The summed E-state index contributed by atoms with van der Waals surface area (Å²) >= 11 is 0. The number of aromatic nitrogens is 3. The number of hydrogen-bond acceptors (Lipinski definition) is 0. The van der Waals surface area contributed by atoms with E-state index in [9.17, 15) is 0 Å². The highest BCUT2D eigenvalue weighted by atomic mass is 15.1. The fourth-order valence-corrected chi connectivity index (χ4v) is 8.53. The minimum atomic E-state index is 1.16. The molecular formula is C48H39N3. The first-order valence-electron chi connectivity index (χ1n) is 17.9. The van der Waals surface area contributed by atoms with Gasteiger partial charge in [0.25, 0.3) is 0 Å². The molecule has 3 heteroatoms. The van der Waals surface area contributed by atoms with Crippen LogP contribution in [0.2, 0.25) is 0 Å². The van der Waals surface area contributed by atoms with Gasteiger partial charge in [0.2, 0.25) is 0 Å². The zero-order chi connectivity index (χ0) is 34.7. The molecule has 0 aliphatic heterocycles. The lowest BCUT2D eigenvalue weighted by Crippen LogP contribution is -2.03. The maximum absolute atomic E-state index is 2.52. The maximum atomic E-state index is 2.52. The summed E-state index contributed by atoms with van der Waals surface area (Å²) < 4.78 is 7.49. The van der Waals surface area contributed by atoms with Gasteiger partial charge in [-0.1, -0.05) is 75.8 Å². The van der Waals surface area contributed by atoms with Crippen molar-refractivity contribution in [2.75, 3.05) is 0 Å². The van der Waals surface area contributed by atoms with Gasteiger partial charge >= 0.3 is 0 Å². The molecule has 0 bridgehead atoms. The molecule has 0 aliphatic rings. The van der Waals surface area contributed by atoms with Crippen molar-refractivity contribution in [2.45, 2.75) is 41.5 Å². The van der Waals surface area contributed by atoms with E-state index in [4.69, 9.17) is 0 Å². The number of nitrogens with zero attached hydrogens (tertiary/aromatic N) is 3. The number of aryl methyl sites for hydroxylation is 6. The smallest absolute Gasteiger partial charge is 0.0784 e. The van der Waals surface area contributed by atoms with E-state index in [0.717, 1.165) is 11.4 Å². The van der Waals surface area contributed by atoms with Gasteiger partial charge in [-0.2, -0.15) is 0 Å². The van der Waals surface area contributed by atoms with Crippen molar-refractivity contribution in [1.29, 1.82) is 0 Å². The Bertz CT molecular complexity index is 2950. The third kappa shape index (κ3) is 4.37. The van der Waals surface area contributed by atoms with Crippen LogP contribution in [0.5, 0.6) is 0 Å². The molecule has 0 unspecified atom stereocenters. The number of benzene rings is 7. The predicted molar refractivity (Wildman–Crippen MR) is 218 cm³/mol. The standard InChI is InChI=1S/C48H39N3/c1-28-7-14-34(15-8-28)50-44-18-11-33(6)25-40(44)41-26-35(49-42-16-9-29(2)21-36(42)37-22-30(3)10-17-43(37)49)27-47(48(41)50)51-45-19-12-31(4)23-38(45)39-24-32(5)13-20-46(39)51/h7-27H,1-6H3. The second kappa shape index (κ2) is 10.7. The molecule has 0 spiro atoms. The Hall–Kier alpha value is -6.06. The average Bonchev–Trinajstić information content (AvgIpc) is 3.73. The van der Waals surface area contributed by atoms with Crippen molar-refractivity contribution in [1.82, 2.24) is 13.7 Å². The summed E-state index contributed by atoms with van der Waals surface area (Å²) in [6.45, 7) is 13.1. The molecule has 10 rings (SSSR count). The van der Waals surface area contributed by atoms with E-state index >= 15 is 0 Å². The highest BCUT2D eigenvalue weighted by molar-refractivity contribution is 6.17. The van der Waals surface area contributed by atoms with Gasteiger partial charge in [-0.15, -0.1) is 0 Å². The van der Waals surface area contributed by atoms with Crippen LogP contribution in [0, 0.1) is 41.5 Å². The Morgan fingerprint density at radius 1 is 0.275 bits per heavy atom. The van der Waals surface area contributed by atoms with Crippen LogP contribution in [0.25, 0.3) is 82.5 Å². The van der Waals surface area contributed by atoms with E-state index in [1.54, 1.807) is 0 Å². The van der Waals surface area contributed by atoms with Crippen molar-refractivity contribution >= 4 is 65.4 Å². The van der Waals surface area contributed by atoms with Gasteiger partial charge in [0, 0.05) is 43.7 Å². The lowest BCUT2D eigenvalue weighted by molar-refractivity contribution is 1.11. The Labute approximate surface area is 297 Å². The molecule has 246 valence electrons.